The molecule has 1 rings (SSSR count). The number of carbonyl (C=O) groups excluding carboxylic acids is 1. The molecule has 0 aliphatic carbocycles. The van der Waals surface area contributed by atoms with Crippen molar-refractivity contribution >= 4 is 11.6 Å². The van der Waals surface area contributed by atoms with Gasteiger partial charge in [0.25, 0.3) is 5.91 Å². The Kier molecular flexibility index (Phi) is 6.44. The van der Waals surface area contributed by atoms with Gasteiger partial charge in [0.15, 0.2) is 0 Å². The van der Waals surface area contributed by atoms with E-state index in [1.54, 1.807) is 6.92 Å². The first-order valence-electron chi connectivity index (χ1n) is 7.29. The van der Waals surface area contributed by atoms with Crippen molar-refractivity contribution in [1.82, 2.24) is 0 Å². The second kappa shape index (κ2) is 7.68. The van der Waals surface area contributed by atoms with E-state index in [1.807, 2.05) is 6.92 Å². The van der Waals surface area contributed by atoms with Crippen molar-refractivity contribution in [3.63, 3.8) is 0 Å². The van der Waals surface area contributed by atoms with Crippen molar-refractivity contribution in [2.75, 3.05) is 19.5 Å². The van der Waals surface area contributed by atoms with Crippen LogP contribution in [0.4, 0.5) is 18.9 Å². The number of rotatable bonds is 7. The Morgan fingerprint density at radius 3 is 2.39 bits per heavy atom. The summed E-state index contributed by atoms with van der Waals surface area (Å²) < 4.78 is 49.0. The summed E-state index contributed by atoms with van der Waals surface area (Å²) in [7, 11) is 2.57. The molecule has 4 nitrogen and oxygen atoms in total. The average molecular weight is 333 g/mol. The number of methoxy groups -OCH3 is 2. The van der Waals surface area contributed by atoms with Crippen LogP contribution in [0, 0.1) is 0 Å². The summed E-state index contributed by atoms with van der Waals surface area (Å²) in [6.07, 6.45) is -2.44. The maximum atomic E-state index is 13.0. The van der Waals surface area contributed by atoms with E-state index in [1.165, 1.54) is 19.2 Å². The molecule has 0 aliphatic rings. The van der Waals surface area contributed by atoms with Gasteiger partial charge >= 0.3 is 6.18 Å². The second-order valence-electron chi connectivity index (χ2n) is 5.41. The van der Waals surface area contributed by atoms with Crippen LogP contribution < -0.4 is 10.1 Å². The minimum absolute atomic E-state index is 0.0444. The molecule has 1 unspecified atom stereocenters. The molecular formula is C16H22F3NO3. The summed E-state index contributed by atoms with van der Waals surface area (Å²) in [5, 5.41) is 2.49. The Bertz CT molecular complexity index is 546. The van der Waals surface area contributed by atoms with Gasteiger partial charge in [-0.25, -0.2) is 0 Å². The fourth-order valence-corrected chi connectivity index (χ4v) is 2.09. The zero-order valence-electron chi connectivity index (χ0n) is 13.7. The number of amides is 1. The number of unbranched alkanes of at least 4 members (excludes halogenated alkanes) is 1. The Balaban J connectivity index is 3.02. The van der Waals surface area contributed by atoms with Crippen molar-refractivity contribution in [3.8, 4) is 5.75 Å². The molecule has 0 saturated heterocycles. The van der Waals surface area contributed by atoms with Crippen molar-refractivity contribution < 1.29 is 27.4 Å². The lowest BCUT2D eigenvalue weighted by Gasteiger charge is -2.27. The van der Waals surface area contributed by atoms with Crippen LogP contribution >= 0.6 is 0 Å². The third-order valence-corrected chi connectivity index (χ3v) is 3.70. The molecule has 1 aromatic rings. The number of hydrogen-bond acceptors (Lipinski definition) is 3. The topological polar surface area (TPSA) is 47.6 Å². The maximum absolute atomic E-state index is 13.0. The van der Waals surface area contributed by atoms with Crippen LogP contribution in [0.2, 0.25) is 0 Å². The van der Waals surface area contributed by atoms with Gasteiger partial charge in [-0.2, -0.15) is 13.2 Å². The zero-order chi connectivity index (χ0) is 17.7. The number of ether oxygens (including phenoxy) is 2. The molecule has 0 aliphatic heterocycles. The number of carbonyl (C=O) groups is 1. The van der Waals surface area contributed by atoms with Gasteiger partial charge in [0.1, 0.15) is 11.4 Å². The van der Waals surface area contributed by atoms with Gasteiger partial charge < -0.3 is 14.8 Å². The highest BCUT2D eigenvalue weighted by Gasteiger charge is 2.36. The van der Waals surface area contributed by atoms with Crippen molar-refractivity contribution in [1.29, 1.82) is 0 Å². The number of halogens is 3. The summed E-state index contributed by atoms with van der Waals surface area (Å²) in [5.74, 6) is -0.775. The first kappa shape index (κ1) is 19.3. The highest BCUT2D eigenvalue weighted by molar-refractivity contribution is 5.97. The monoisotopic (exact) mass is 333 g/mol. The summed E-state index contributed by atoms with van der Waals surface area (Å²) in [5.41, 5.74) is -1.98. The van der Waals surface area contributed by atoms with E-state index >= 15 is 0 Å². The van der Waals surface area contributed by atoms with E-state index in [4.69, 9.17) is 9.47 Å². The average Bonchev–Trinajstić information content (AvgIpc) is 2.51. The van der Waals surface area contributed by atoms with Crippen LogP contribution in [0.1, 0.15) is 38.7 Å². The van der Waals surface area contributed by atoms with Crippen LogP contribution in [0.5, 0.6) is 5.75 Å². The van der Waals surface area contributed by atoms with Gasteiger partial charge in [0, 0.05) is 12.8 Å². The van der Waals surface area contributed by atoms with Crippen molar-refractivity contribution in [2.24, 2.45) is 0 Å². The van der Waals surface area contributed by atoms with Gasteiger partial charge in [0.2, 0.25) is 0 Å². The molecule has 0 heterocycles. The van der Waals surface area contributed by atoms with Crippen LogP contribution in [0.25, 0.3) is 0 Å². The fourth-order valence-electron chi connectivity index (χ4n) is 2.09. The first-order valence-corrected chi connectivity index (χ1v) is 7.29. The zero-order valence-corrected chi connectivity index (χ0v) is 13.7. The van der Waals surface area contributed by atoms with E-state index in [9.17, 15) is 18.0 Å². The number of anilines is 1. The Hall–Kier alpha value is -1.76. The molecule has 1 aromatic carbocycles. The van der Waals surface area contributed by atoms with Crippen LogP contribution in [0.15, 0.2) is 18.2 Å². The Morgan fingerprint density at radius 2 is 1.91 bits per heavy atom. The molecule has 0 fully saturated rings. The molecule has 130 valence electrons. The molecule has 0 spiro atoms. The summed E-state index contributed by atoms with van der Waals surface area (Å²) >= 11 is 0. The lowest BCUT2D eigenvalue weighted by Crippen LogP contribution is -2.42. The first-order chi connectivity index (χ1) is 10.7. The molecule has 23 heavy (non-hydrogen) atoms. The molecule has 1 amide bonds. The molecule has 0 bridgehead atoms. The van der Waals surface area contributed by atoms with E-state index in [0.717, 1.165) is 26.0 Å². The summed E-state index contributed by atoms with van der Waals surface area (Å²) in [6.45, 7) is 3.60. The van der Waals surface area contributed by atoms with Crippen LogP contribution in [-0.4, -0.2) is 25.7 Å². The third kappa shape index (κ3) is 4.86. The third-order valence-electron chi connectivity index (χ3n) is 3.70. The maximum Gasteiger partial charge on any atom is 0.420 e. The minimum Gasteiger partial charge on any atom is -0.496 e. The predicted octanol–water partition coefficient (Wildman–Crippen LogP) is 4.25. The SMILES string of the molecule is CCCCC(C)(OC)C(=O)Nc1ccc(OC)c(C(F)(F)F)c1. The van der Waals surface area contributed by atoms with Crippen molar-refractivity contribution in [3.05, 3.63) is 23.8 Å². The molecule has 0 radical (unpaired) electrons. The normalized spacial score (nSPS) is 14.2. The standard InChI is InChI=1S/C16H22F3NO3/c1-5-6-9-15(2,23-4)14(21)20-11-7-8-13(22-3)12(10-11)16(17,18)19/h7-8,10H,5-6,9H2,1-4H3,(H,20,21). The quantitative estimate of drug-likeness (QED) is 0.811. The molecule has 7 heteroatoms. The lowest BCUT2D eigenvalue weighted by molar-refractivity contribution is -0.139. The predicted molar refractivity (Wildman–Crippen MR) is 81.6 cm³/mol. The Morgan fingerprint density at radius 1 is 1.26 bits per heavy atom. The smallest absolute Gasteiger partial charge is 0.420 e. The second-order valence-corrected chi connectivity index (χ2v) is 5.41. The molecule has 1 atom stereocenters. The highest BCUT2D eigenvalue weighted by Crippen LogP contribution is 2.37. The minimum atomic E-state index is -4.57. The van der Waals surface area contributed by atoms with Gasteiger partial charge in [-0.1, -0.05) is 19.8 Å². The lowest BCUT2D eigenvalue weighted by atomic mass is 9.97. The Labute approximate surface area is 134 Å². The van der Waals surface area contributed by atoms with Gasteiger partial charge in [-0.3, -0.25) is 4.79 Å². The highest BCUT2D eigenvalue weighted by atomic mass is 19.4. The van der Waals surface area contributed by atoms with E-state index in [-0.39, 0.29) is 11.4 Å². The van der Waals surface area contributed by atoms with Gasteiger partial charge in [-0.05, 0) is 31.5 Å². The summed E-state index contributed by atoms with van der Waals surface area (Å²) in [6, 6.07) is 3.39. The fraction of sp³-hybridized carbons (Fsp3) is 0.562. The van der Waals surface area contributed by atoms with E-state index in [0.29, 0.717) is 6.42 Å². The van der Waals surface area contributed by atoms with Crippen LogP contribution in [0.3, 0.4) is 0 Å². The van der Waals surface area contributed by atoms with Gasteiger partial charge in [0.05, 0.1) is 12.7 Å². The van der Waals surface area contributed by atoms with E-state index < -0.39 is 23.2 Å². The molecule has 1 N–H and O–H groups in total. The van der Waals surface area contributed by atoms with E-state index in [2.05, 4.69) is 5.32 Å². The largest absolute Gasteiger partial charge is 0.496 e. The molecule has 0 saturated carbocycles. The number of nitrogens with one attached hydrogen (secondary N) is 1. The van der Waals surface area contributed by atoms with Gasteiger partial charge in [-0.15, -0.1) is 0 Å². The number of benzene rings is 1. The summed E-state index contributed by atoms with van der Waals surface area (Å²) in [4.78, 5) is 12.3. The molecule has 0 aromatic heterocycles. The number of alkyl halides is 3. The van der Waals surface area contributed by atoms with Crippen molar-refractivity contribution in [2.45, 2.75) is 44.9 Å². The number of hydrogen-bond donors (Lipinski definition) is 1. The molecular weight excluding hydrogens is 311 g/mol. The van der Waals surface area contributed by atoms with Crippen LogP contribution in [-0.2, 0) is 15.7 Å².